The maximum atomic E-state index is 12.5. The van der Waals surface area contributed by atoms with Crippen LogP contribution in [0.1, 0.15) is 16.1 Å². The lowest BCUT2D eigenvalue weighted by Gasteiger charge is -2.26. The number of hydrogen-bond acceptors (Lipinski definition) is 5. The highest BCUT2D eigenvalue weighted by atomic mass is 32.2. The summed E-state index contributed by atoms with van der Waals surface area (Å²) in [4.78, 5) is 14.3. The van der Waals surface area contributed by atoms with Crippen LogP contribution in [0.3, 0.4) is 0 Å². The van der Waals surface area contributed by atoms with Crippen LogP contribution in [-0.4, -0.2) is 45.5 Å². The Balaban J connectivity index is 1.82. The van der Waals surface area contributed by atoms with Crippen molar-refractivity contribution in [2.45, 2.75) is 10.6 Å². The molecule has 0 atom stereocenters. The van der Waals surface area contributed by atoms with Crippen molar-refractivity contribution < 1.29 is 22.4 Å². The highest BCUT2D eigenvalue weighted by Gasteiger charge is 2.26. The first kappa shape index (κ1) is 15.8. The molecule has 0 saturated carbocycles. The first-order valence-electron chi connectivity index (χ1n) is 7.29. The molecule has 1 aliphatic heterocycles. The molecule has 0 unspecified atom stereocenters. The van der Waals surface area contributed by atoms with E-state index in [0.717, 1.165) is 0 Å². The second-order valence-electron chi connectivity index (χ2n) is 5.25. The molecule has 2 aromatic rings. The second-order valence-corrected chi connectivity index (χ2v) is 7.24. The Morgan fingerprint density at radius 1 is 1.09 bits per heavy atom. The standard InChI is InChI=1S/C16H17NO5S/c18-16(17-7-10-21-11-8-17)15-13(6-9-22-15)12-23(19,20)14-4-2-1-3-5-14/h1-6,9H,7-8,10-12H2. The van der Waals surface area contributed by atoms with Crippen molar-refractivity contribution in [3.05, 3.63) is 54.0 Å². The van der Waals surface area contributed by atoms with Crippen LogP contribution in [0.2, 0.25) is 0 Å². The van der Waals surface area contributed by atoms with Gasteiger partial charge in [-0.3, -0.25) is 4.79 Å². The van der Waals surface area contributed by atoms with Gasteiger partial charge in [-0.1, -0.05) is 18.2 Å². The minimum absolute atomic E-state index is 0.0893. The van der Waals surface area contributed by atoms with Crippen molar-refractivity contribution in [2.24, 2.45) is 0 Å². The molecule has 1 aromatic heterocycles. The molecule has 0 radical (unpaired) electrons. The largest absolute Gasteiger partial charge is 0.459 e. The van der Waals surface area contributed by atoms with Gasteiger partial charge >= 0.3 is 0 Å². The Morgan fingerprint density at radius 3 is 2.48 bits per heavy atom. The van der Waals surface area contributed by atoms with Gasteiger partial charge in [0.2, 0.25) is 0 Å². The molecule has 7 heteroatoms. The van der Waals surface area contributed by atoms with E-state index in [0.29, 0.717) is 31.9 Å². The van der Waals surface area contributed by atoms with Gasteiger partial charge < -0.3 is 14.1 Å². The van der Waals surface area contributed by atoms with Gasteiger partial charge in [0.1, 0.15) is 0 Å². The van der Waals surface area contributed by atoms with Crippen molar-refractivity contribution in [3.8, 4) is 0 Å². The van der Waals surface area contributed by atoms with E-state index in [4.69, 9.17) is 9.15 Å². The third-order valence-corrected chi connectivity index (χ3v) is 5.37. The summed E-state index contributed by atoms with van der Waals surface area (Å²) in [6.07, 6.45) is 1.35. The molecule has 1 aliphatic rings. The fourth-order valence-corrected chi connectivity index (χ4v) is 3.84. The molecule has 1 aromatic carbocycles. The second kappa shape index (κ2) is 6.55. The number of rotatable bonds is 4. The van der Waals surface area contributed by atoms with Gasteiger partial charge in [-0.15, -0.1) is 0 Å². The zero-order chi connectivity index (χ0) is 16.3. The van der Waals surface area contributed by atoms with Crippen LogP contribution < -0.4 is 0 Å². The Hall–Kier alpha value is -2.12. The van der Waals surface area contributed by atoms with Gasteiger partial charge in [0.05, 0.1) is 30.1 Å². The summed E-state index contributed by atoms with van der Waals surface area (Å²) in [5.74, 6) is -0.471. The van der Waals surface area contributed by atoms with E-state index in [9.17, 15) is 13.2 Å². The van der Waals surface area contributed by atoms with Crippen LogP contribution >= 0.6 is 0 Å². The Morgan fingerprint density at radius 2 is 1.78 bits per heavy atom. The molecule has 3 rings (SSSR count). The smallest absolute Gasteiger partial charge is 0.290 e. The molecular formula is C16H17NO5S. The Kier molecular flexibility index (Phi) is 4.49. The van der Waals surface area contributed by atoms with Gasteiger partial charge in [-0.05, 0) is 18.2 Å². The zero-order valence-corrected chi connectivity index (χ0v) is 13.3. The van der Waals surface area contributed by atoms with Crippen molar-refractivity contribution >= 4 is 15.7 Å². The van der Waals surface area contributed by atoms with Crippen molar-refractivity contribution in [2.75, 3.05) is 26.3 Å². The number of carbonyl (C=O) groups excluding carboxylic acids is 1. The van der Waals surface area contributed by atoms with Crippen LogP contribution in [0.4, 0.5) is 0 Å². The lowest BCUT2D eigenvalue weighted by atomic mass is 10.2. The van der Waals surface area contributed by atoms with Gasteiger partial charge in [0, 0.05) is 18.7 Å². The molecule has 2 heterocycles. The van der Waals surface area contributed by atoms with Crippen molar-refractivity contribution in [1.29, 1.82) is 0 Å². The minimum Gasteiger partial charge on any atom is -0.459 e. The number of benzene rings is 1. The average molecular weight is 335 g/mol. The summed E-state index contributed by atoms with van der Waals surface area (Å²) in [6, 6.07) is 9.71. The zero-order valence-electron chi connectivity index (χ0n) is 12.5. The van der Waals surface area contributed by atoms with Crippen LogP contribution in [0, 0.1) is 0 Å². The molecule has 23 heavy (non-hydrogen) atoms. The number of ether oxygens (including phenoxy) is 1. The van der Waals surface area contributed by atoms with Gasteiger partial charge in [0.25, 0.3) is 5.91 Å². The van der Waals surface area contributed by atoms with E-state index < -0.39 is 9.84 Å². The molecule has 0 N–H and O–H groups in total. The highest BCUT2D eigenvalue weighted by Crippen LogP contribution is 2.21. The van der Waals surface area contributed by atoms with Crippen LogP contribution in [0.25, 0.3) is 0 Å². The molecule has 0 spiro atoms. The number of carbonyl (C=O) groups is 1. The molecule has 0 aliphatic carbocycles. The lowest BCUT2D eigenvalue weighted by Crippen LogP contribution is -2.40. The molecule has 1 saturated heterocycles. The van der Waals surface area contributed by atoms with Crippen LogP contribution in [0.15, 0.2) is 52.0 Å². The first-order valence-corrected chi connectivity index (χ1v) is 8.94. The van der Waals surface area contributed by atoms with E-state index in [1.807, 2.05) is 0 Å². The van der Waals surface area contributed by atoms with Gasteiger partial charge in [-0.2, -0.15) is 0 Å². The monoisotopic (exact) mass is 335 g/mol. The van der Waals surface area contributed by atoms with E-state index in [-0.39, 0.29) is 22.3 Å². The number of nitrogens with zero attached hydrogens (tertiary/aromatic N) is 1. The van der Waals surface area contributed by atoms with Crippen LogP contribution in [0.5, 0.6) is 0 Å². The van der Waals surface area contributed by atoms with Crippen LogP contribution in [-0.2, 0) is 20.3 Å². The average Bonchev–Trinajstić information content (AvgIpc) is 3.03. The third-order valence-electron chi connectivity index (χ3n) is 3.69. The van der Waals surface area contributed by atoms with Crippen molar-refractivity contribution in [1.82, 2.24) is 4.90 Å². The first-order chi connectivity index (χ1) is 11.1. The molecular weight excluding hydrogens is 318 g/mol. The lowest BCUT2D eigenvalue weighted by molar-refractivity contribution is 0.0282. The summed E-state index contributed by atoms with van der Waals surface area (Å²) >= 11 is 0. The molecule has 1 fully saturated rings. The quantitative estimate of drug-likeness (QED) is 0.850. The number of furan rings is 1. The summed E-state index contributed by atoms with van der Waals surface area (Å²) < 4.78 is 35.4. The topological polar surface area (TPSA) is 76.8 Å². The van der Waals surface area contributed by atoms with Crippen molar-refractivity contribution in [3.63, 3.8) is 0 Å². The highest BCUT2D eigenvalue weighted by molar-refractivity contribution is 7.90. The van der Waals surface area contributed by atoms with Gasteiger partial charge in [0.15, 0.2) is 15.6 Å². The molecule has 122 valence electrons. The maximum absolute atomic E-state index is 12.5. The fourth-order valence-electron chi connectivity index (χ4n) is 2.46. The summed E-state index contributed by atoms with van der Waals surface area (Å²) in [5, 5.41) is 0. The summed E-state index contributed by atoms with van der Waals surface area (Å²) in [7, 11) is -3.53. The molecule has 0 bridgehead atoms. The maximum Gasteiger partial charge on any atom is 0.290 e. The molecule has 6 nitrogen and oxygen atoms in total. The van der Waals surface area contributed by atoms with Gasteiger partial charge in [-0.25, -0.2) is 8.42 Å². The van der Waals surface area contributed by atoms with E-state index in [1.165, 1.54) is 12.3 Å². The minimum atomic E-state index is -3.53. The molecule has 1 amide bonds. The number of morpholine rings is 1. The predicted molar refractivity (Wildman–Crippen MR) is 82.8 cm³/mol. The fraction of sp³-hybridized carbons (Fsp3) is 0.312. The van der Waals surface area contributed by atoms with E-state index in [1.54, 1.807) is 35.2 Å². The summed E-state index contributed by atoms with van der Waals surface area (Å²) in [6.45, 7) is 1.91. The Bertz CT molecular complexity index is 776. The Labute approximate surface area is 134 Å². The van der Waals surface area contributed by atoms with E-state index in [2.05, 4.69) is 0 Å². The number of sulfone groups is 1. The number of amides is 1. The van der Waals surface area contributed by atoms with E-state index >= 15 is 0 Å². The normalized spacial score (nSPS) is 15.6. The summed E-state index contributed by atoms with van der Waals surface area (Å²) in [5.41, 5.74) is 0.380. The third kappa shape index (κ3) is 3.46. The SMILES string of the molecule is O=C(c1occc1CS(=O)(=O)c1ccccc1)N1CCOCC1. The number of hydrogen-bond donors (Lipinski definition) is 0. The predicted octanol–water partition coefficient (Wildman–Crippen LogP) is 1.73.